The summed E-state index contributed by atoms with van der Waals surface area (Å²) in [7, 11) is 3.84. The SMILES string of the molecule is COc1ccc(N(C(=O)C=Cc2ccccc2)C2=CC3CCC(C2)N3C)cc1.Cl. The van der Waals surface area contributed by atoms with Gasteiger partial charge in [-0.2, -0.15) is 0 Å². The number of likely N-dealkylation sites (N-methyl/N-ethyl adjacent to an activating group) is 1. The number of hydrogen-bond donors (Lipinski definition) is 0. The number of halogens is 1. The van der Waals surface area contributed by atoms with Crippen LogP contribution in [-0.2, 0) is 4.79 Å². The Morgan fingerprint density at radius 1 is 1.10 bits per heavy atom. The van der Waals surface area contributed by atoms with Crippen LogP contribution in [-0.4, -0.2) is 37.0 Å². The van der Waals surface area contributed by atoms with Gasteiger partial charge in [0.2, 0.25) is 0 Å². The molecule has 152 valence electrons. The van der Waals surface area contributed by atoms with Crippen LogP contribution in [0.2, 0.25) is 0 Å². The van der Waals surface area contributed by atoms with Crippen molar-refractivity contribution in [2.45, 2.75) is 31.3 Å². The lowest BCUT2D eigenvalue weighted by Crippen LogP contribution is -2.40. The molecule has 0 radical (unpaired) electrons. The van der Waals surface area contributed by atoms with Gasteiger partial charge >= 0.3 is 0 Å². The molecule has 5 heteroatoms. The van der Waals surface area contributed by atoms with E-state index in [4.69, 9.17) is 4.74 Å². The first kappa shape index (κ1) is 21.2. The van der Waals surface area contributed by atoms with Gasteiger partial charge in [-0.15, -0.1) is 12.4 Å². The average molecular weight is 411 g/mol. The number of anilines is 1. The fourth-order valence-electron chi connectivity index (χ4n) is 4.16. The van der Waals surface area contributed by atoms with E-state index in [1.807, 2.05) is 65.6 Å². The zero-order valence-corrected chi connectivity index (χ0v) is 17.6. The standard InChI is InChI=1S/C24H26N2O2.ClH/c1-25-20-9-10-21(25)17-22(16-20)26(19-11-13-23(28-2)14-12-19)24(27)15-8-18-6-4-3-5-7-18;/h3-8,11-16,20-21H,9-10,17H2,1-2H3;1H. The summed E-state index contributed by atoms with van der Waals surface area (Å²) in [6.07, 6.45) is 9.05. The third-order valence-corrected chi connectivity index (χ3v) is 5.78. The molecule has 2 aliphatic heterocycles. The number of carbonyl (C=O) groups is 1. The van der Waals surface area contributed by atoms with Crippen molar-refractivity contribution in [3.63, 3.8) is 0 Å². The lowest BCUT2D eigenvalue weighted by atomic mass is 10.0. The van der Waals surface area contributed by atoms with Crippen molar-refractivity contribution in [1.82, 2.24) is 4.90 Å². The maximum atomic E-state index is 13.2. The van der Waals surface area contributed by atoms with E-state index in [-0.39, 0.29) is 18.3 Å². The Balaban J connectivity index is 0.00000240. The van der Waals surface area contributed by atoms with Crippen LogP contribution in [0.15, 0.2) is 72.4 Å². The highest BCUT2D eigenvalue weighted by atomic mass is 35.5. The Morgan fingerprint density at radius 3 is 2.48 bits per heavy atom. The third kappa shape index (κ3) is 4.55. The lowest BCUT2D eigenvalue weighted by molar-refractivity contribution is -0.113. The summed E-state index contributed by atoms with van der Waals surface area (Å²) in [4.78, 5) is 17.5. The Kier molecular flexibility index (Phi) is 6.78. The van der Waals surface area contributed by atoms with Crippen molar-refractivity contribution < 1.29 is 9.53 Å². The molecule has 29 heavy (non-hydrogen) atoms. The van der Waals surface area contributed by atoms with Gasteiger partial charge in [0, 0.05) is 36.0 Å². The van der Waals surface area contributed by atoms with Crippen molar-refractivity contribution in [2.75, 3.05) is 19.1 Å². The minimum absolute atomic E-state index is 0. The van der Waals surface area contributed by atoms with Crippen LogP contribution in [0.5, 0.6) is 5.75 Å². The molecule has 1 amide bonds. The molecule has 2 aromatic carbocycles. The number of rotatable bonds is 5. The highest BCUT2D eigenvalue weighted by Gasteiger charge is 2.36. The smallest absolute Gasteiger partial charge is 0.255 e. The topological polar surface area (TPSA) is 32.8 Å². The number of ether oxygens (including phenoxy) is 1. The molecule has 2 aromatic rings. The number of amides is 1. The fourth-order valence-corrected chi connectivity index (χ4v) is 4.16. The normalized spacial score (nSPS) is 20.8. The van der Waals surface area contributed by atoms with Crippen LogP contribution in [0.1, 0.15) is 24.8 Å². The number of nitrogens with zero attached hydrogens (tertiary/aromatic N) is 2. The van der Waals surface area contributed by atoms with E-state index in [2.05, 4.69) is 18.0 Å². The van der Waals surface area contributed by atoms with Gasteiger partial charge in [0.1, 0.15) is 5.75 Å². The zero-order chi connectivity index (χ0) is 19.5. The largest absolute Gasteiger partial charge is 0.497 e. The molecule has 2 atom stereocenters. The highest BCUT2D eigenvalue weighted by Crippen LogP contribution is 2.36. The second-order valence-corrected chi connectivity index (χ2v) is 7.44. The molecule has 0 aromatic heterocycles. The second kappa shape index (κ2) is 9.29. The van der Waals surface area contributed by atoms with E-state index in [0.29, 0.717) is 12.1 Å². The van der Waals surface area contributed by atoms with Crippen LogP contribution in [0, 0.1) is 0 Å². The van der Waals surface area contributed by atoms with Gasteiger partial charge in [-0.3, -0.25) is 14.6 Å². The molecule has 0 N–H and O–H groups in total. The summed E-state index contributed by atoms with van der Waals surface area (Å²) in [6.45, 7) is 0. The van der Waals surface area contributed by atoms with Gasteiger partial charge < -0.3 is 4.74 Å². The molecule has 1 saturated heterocycles. The van der Waals surface area contributed by atoms with E-state index < -0.39 is 0 Å². The van der Waals surface area contributed by atoms with Crippen molar-refractivity contribution in [3.8, 4) is 5.75 Å². The maximum absolute atomic E-state index is 13.2. The summed E-state index contributed by atoms with van der Waals surface area (Å²) >= 11 is 0. The molecule has 1 fully saturated rings. The second-order valence-electron chi connectivity index (χ2n) is 7.44. The number of hydrogen-bond acceptors (Lipinski definition) is 3. The molecule has 2 aliphatic rings. The Bertz CT molecular complexity index is 893. The van der Waals surface area contributed by atoms with Gasteiger partial charge in [0.15, 0.2) is 0 Å². The number of fused-ring (bicyclic) bond motifs is 2. The Hall–Kier alpha value is -2.56. The first-order valence-electron chi connectivity index (χ1n) is 9.79. The quantitative estimate of drug-likeness (QED) is 0.656. The maximum Gasteiger partial charge on any atom is 0.255 e. The Morgan fingerprint density at radius 2 is 1.83 bits per heavy atom. The third-order valence-electron chi connectivity index (χ3n) is 5.78. The molecule has 2 bridgehead atoms. The summed E-state index contributed by atoms with van der Waals surface area (Å²) < 4.78 is 5.28. The van der Waals surface area contributed by atoms with Gasteiger partial charge in [0.25, 0.3) is 5.91 Å². The number of carbonyl (C=O) groups excluding carboxylic acids is 1. The molecule has 0 saturated carbocycles. The molecule has 2 unspecified atom stereocenters. The zero-order valence-electron chi connectivity index (χ0n) is 16.8. The lowest BCUT2D eigenvalue weighted by Gasteiger charge is -2.35. The molecule has 0 spiro atoms. The van der Waals surface area contributed by atoms with E-state index in [1.54, 1.807) is 13.2 Å². The molecule has 4 rings (SSSR count). The summed E-state index contributed by atoms with van der Waals surface area (Å²) in [6, 6.07) is 18.6. The van der Waals surface area contributed by atoms with Crippen molar-refractivity contribution in [2.24, 2.45) is 0 Å². The van der Waals surface area contributed by atoms with Crippen LogP contribution in [0.3, 0.4) is 0 Å². The number of benzene rings is 2. The highest BCUT2D eigenvalue weighted by molar-refractivity contribution is 6.06. The van der Waals surface area contributed by atoms with E-state index in [1.165, 1.54) is 6.42 Å². The van der Waals surface area contributed by atoms with Gasteiger partial charge in [0.05, 0.1) is 7.11 Å². The molecular weight excluding hydrogens is 384 g/mol. The fraction of sp³-hybridized carbons (Fsp3) is 0.292. The summed E-state index contributed by atoms with van der Waals surface area (Å²) in [5.41, 5.74) is 2.99. The van der Waals surface area contributed by atoms with Crippen LogP contribution in [0.25, 0.3) is 6.08 Å². The molecular formula is C24H27ClN2O2. The molecule has 4 nitrogen and oxygen atoms in total. The minimum Gasteiger partial charge on any atom is -0.497 e. The Labute approximate surface area is 178 Å². The van der Waals surface area contributed by atoms with E-state index in [9.17, 15) is 4.79 Å². The summed E-state index contributed by atoms with van der Waals surface area (Å²) in [5.74, 6) is 0.762. The van der Waals surface area contributed by atoms with Crippen molar-refractivity contribution >= 4 is 30.1 Å². The predicted octanol–water partition coefficient (Wildman–Crippen LogP) is 4.91. The van der Waals surface area contributed by atoms with Crippen molar-refractivity contribution in [3.05, 3.63) is 78.0 Å². The average Bonchev–Trinajstić information content (AvgIpc) is 2.94. The van der Waals surface area contributed by atoms with E-state index >= 15 is 0 Å². The first-order chi connectivity index (χ1) is 13.7. The van der Waals surface area contributed by atoms with E-state index in [0.717, 1.165) is 35.5 Å². The van der Waals surface area contributed by atoms with Crippen LogP contribution in [0.4, 0.5) is 5.69 Å². The van der Waals surface area contributed by atoms with Crippen LogP contribution < -0.4 is 9.64 Å². The number of methoxy groups -OCH3 is 1. The first-order valence-corrected chi connectivity index (χ1v) is 9.79. The van der Waals surface area contributed by atoms with Gasteiger partial charge in [-0.25, -0.2) is 0 Å². The van der Waals surface area contributed by atoms with Crippen LogP contribution >= 0.6 is 12.4 Å². The van der Waals surface area contributed by atoms with Gasteiger partial charge in [-0.1, -0.05) is 30.3 Å². The molecule has 0 aliphatic carbocycles. The monoisotopic (exact) mass is 410 g/mol. The van der Waals surface area contributed by atoms with Crippen molar-refractivity contribution in [1.29, 1.82) is 0 Å². The molecule has 2 heterocycles. The minimum atomic E-state index is -0.0239. The van der Waals surface area contributed by atoms with Gasteiger partial charge in [-0.05, 0) is 61.9 Å². The predicted molar refractivity (Wildman–Crippen MR) is 120 cm³/mol. The summed E-state index contributed by atoms with van der Waals surface area (Å²) in [5, 5.41) is 0.